The maximum Gasteiger partial charge on any atom is 0.347 e. The summed E-state index contributed by atoms with van der Waals surface area (Å²) in [5.41, 5.74) is 2.67. The van der Waals surface area contributed by atoms with Crippen LogP contribution in [-0.2, 0) is 19.9 Å². The molecular formula is C18H18O3. The molecule has 0 radical (unpaired) electrons. The van der Waals surface area contributed by atoms with E-state index in [4.69, 9.17) is 9.47 Å². The van der Waals surface area contributed by atoms with Crippen LogP contribution in [0.5, 0.6) is 0 Å². The predicted octanol–water partition coefficient (Wildman–Crippen LogP) is 3.51. The van der Waals surface area contributed by atoms with Crippen LogP contribution in [0.25, 0.3) is 11.1 Å². The van der Waals surface area contributed by atoms with Gasteiger partial charge in [-0.2, -0.15) is 0 Å². The van der Waals surface area contributed by atoms with Crippen molar-refractivity contribution in [1.82, 2.24) is 0 Å². The molecule has 0 amide bonds. The first-order valence-electron chi connectivity index (χ1n) is 7.26. The van der Waals surface area contributed by atoms with Gasteiger partial charge in [0.2, 0.25) is 5.60 Å². The summed E-state index contributed by atoms with van der Waals surface area (Å²) >= 11 is 0. The number of carbonyl (C=O) groups is 1. The van der Waals surface area contributed by atoms with Crippen LogP contribution in [0.1, 0.15) is 25.0 Å². The largest absolute Gasteiger partial charge is 0.463 e. The lowest BCUT2D eigenvalue weighted by molar-refractivity contribution is -0.167. The summed E-state index contributed by atoms with van der Waals surface area (Å²) in [7, 11) is 0. The van der Waals surface area contributed by atoms with Crippen molar-refractivity contribution in [2.24, 2.45) is 0 Å². The Bertz CT molecular complexity index is 630. The molecule has 2 aromatic carbocycles. The van der Waals surface area contributed by atoms with Crippen molar-refractivity contribution in [2.75, 3.05) is 13.2 Å². The minimum absolute atomic E-state index is 0.331. The van der Waals surface area contributed by atoms with Crippen LogP contribution in [0.3, 0.4) is 0 Å². The van der Waals surface area contributed by atoms with E-state index in [1.54, 1.807) is 0 Å². The minimum atomic E-state index is -1.14. The van der Waals surface area contributed by atoms with Crippen molar-refractivity contribution in [1.29, 1.82) is 0 Å². The van der Waals surface area contributed by atoms with Gasteiger partial charge in [-0.1, -0.05) is 48.5 Å². The zero-order valence-corrected chi connectivity index (χ0v) is 12.3. The average molecular weight is 282 g/mol. The first-order chi connectivity index (χ1) is 10.3. The second-order valence-electron chi connectivity index (χ2n) is 4.93. The third-order valence-corrected chi connectivity index (χ3v) is 3.83. The van der Waals surface area contributed by atoms with Gasteiger partial charge in [0.25, 0.3) is 0 Å². The van der Waals surface area contributed by atoms with Gasteiger partial charge >= 0.3 is 5.97 Å². The Morgan fingerprint density at radius 3 is 1.90 bits per heavy atom. The van der Waals surface area contributed by atoms with E-state index in [1.807, 2.05) is 62.4 Å². The molecule has 0 saturated carbocycles. The molecule has 0 saturated heterocycles. The van der Waals surface area contributed by atoms with Crippen LogP contribution in [0.4, 0.5) is 0 Å². The monoisotopic (exact) mass is 282 g/mol. The maximum absolute atomic E-state index is 12.7. The Morgan fingerprint density at radius 2 is 1.43 bits per heavy atom. The Balaban J connectivity index is 2.30. The summed E-state index contributed by atoms with van der Waals surface area (Å²) in [4.78, 5) is 12.7. The minimum Gasteiger partial charge on any atom is -0.463 e. The topological polar surface area (TPSA) is 35.5 Å². The molecule has 0 aromatic heterocycles. The number of fused-ring (bicyclic) bond motifs is 3. The lowest BCUT2D eigenvalue weighted by Gasteiger charge is -2.29. The maximum atomic E-state index is 12.7. The van der Waals surface area contributed by atoms with E-state index < -0.39 is 5.60 Å². The first-order valence-corrected chi connectivity index (χ1v) is 7.26. The zero-order valence-electron chi connectivity index (χ0n) is 12.3. The molecule has 1 aliphatic rings. The normalized spacial score (nSPS) is 14.4. The molecule has 0 spiro atoms. The van der Waals surface area contributed by atoms with Crippen LogP contribution in [0, 0.1) is 0 Å². The molecule has 0 heterocycles. The third-order valence-electron chi connectivity index (χ3n) is 3.83. The fourth-order valence-electron chi connectivity index (χ4n) is 3.08. The molecule has 0 N–H and O–H groups in total. The number of ether oxygens (including phenoxy) is 2. The molecular weight excluding hydrogens is 264 g/mol. The van der Waals surface area contributed by atoms with Gasteiger partial charge < -0.3 is 9.47 Å². The van der Waals surface area contributed by atoms with Gasteiger partial charge in [-0.3, -0.25) is 0 Å². The molecule has 0 bridgehead atoms. The number of hydrogen-bond donors (Lipinski definition) is 0. The molecule has 21 heavy (non-hydrogen) atoms. The van der Waals surface area contributed by atoms with Gasteiger partial charge in [0.15, 0.2) is 0 Å². The molecule has 3 rings (SSSR count). The van der Waals surface area contributed by atoms with E-state index in [2.05, 4.69) is 0 Å². The van der Waals surface area contributed by atoms with E-state index in [0.29, 0.717) is 13.2 Å². The van der Waals surface area contributed by atoms with Gasteiger partial charge in [0.05, 0.1) is 6.61 Å². The van der Waals surface area contributed by atoms with Crippen molar-refractivity contribution in [3.63, 3.8) is 0 Å². The smallest absolute Gasteiger partial charge is 0.347 e. The Kier molecular flexibility index (Phi) is 3.52. The van der Waals surface area contributed by atoms with Crippen molar-refractivity contribution in [2.45, 2.75) is 19.4 Å². The number of carbonyl (C=O) groups excluding carboxylic acids is 1. The van der Waals surface area contributed by atoms with E-state index in [0.717, 1.165) is 22.3 Å². The fourth-order valence-corrected chi connectivity index (χ4v) is 3.08. The summed E-state index contributed by atoms with van der Waals surface area (Å²) in [5, 5.41) is 0. The summed E-state index contributed by atoms with van der Waals surface area (Å²) in [6.07, 6.45) is 0. The number of benzene rings is 2. The summed E-state index contributed by atoms with van der Waals surface area (Å²) in [5.74, 6) is -0.343. The Labute approximate surface area is 124 Å². The highest BCUT2D eigenvalue weighted by molar-refractivity contribution is 5.96. The van der Waals surface area contributed by atoms with Gasteiger partial charge in [0.1, 0.15) is 0 Å². The van der Waals surface area contributed by atoms with Crippen LogP contribution < -0.4 is 0 Å². The average Bonchev–Trinajstić information content (AvgIpc) is 2.80. The van der Waals surface area contributed by atoms with Crippen molar-refractivity contribution < 1.29 is 14.3 Å². The van der Waals surface area contributed by atoms with Crippen LogP contribution in [0.15, 0.2) is 48.5 Å². The van der Waals surface area contributed by atoms with E-state index in [1.165, 1.54) is 0 Å². The van der Waals surface area contributed by atoms with Gasteiger partial charge in [-0.15, -0.1) is 0 Å². The van der Waals surface area contributed by atoms with Crippen LogP contribution in [-0.4, -0.2) is 19.2 Å². The van der Waals surface area contributed by atoms with Crippen LogP contribution >= 0.6 is 0 Å². The third kappa shape index (κ3) is 1.88. The van der Waals surface area contributed by atoms with E-state index in [-0.39, 0.29) is 5.97 Å². The second-order valence-corrected chi connectivity index (χ2v) is 4.93. The molecule has 0 fully saturated rings. The molecule has 3 heteroatoms. The lowest BCUT2D eigenvalue weighted by Crippen LogP contribution is -2.39. The number of hydrogen-bond acceptors (Lipinski definition) is 3. The van der Waals surface area contributed by atoms with E-state index >= 15 is 0 Å². The lowest BCUT2D eigenvalue weighted by atomic mass is 9.91. The zero-order chi connectivity index (χ0) is 14.9. The van der Waals surface area contributed by atoms with Crippen LogP contribution in [0.2, 0.25) is 0 Å². The van der Waals surface area contributed by atoms with Crippen molar-refractivity contribution >= 4 is 5.97 Å². The molecule has 0 unspecified atom stereocenters. The highest BCUT2D eigenvalue weighted by Crippen LogP contribution is 2.50. The van der Waals surface area contributed by atoms with Crippen molar-refractivity contribution in [3.8, 4) is 11.1 Å². The molecule has 1 aliphatic carbocycles. The molecule has 108 valence electrons. The number of esters is 1. The Morgan fingerprint density at radius 1 is 0.905 bits per heavy atom. The van der Waals surface area contributed by atoms with Gasteiger partial charge in [-0.05, 0) is 25.0 Å². The summed E-state index contributed by atoms with van der Waals surface area (Å²) < 4.78 is 11.3. The number of rotatable bonds is 4. The SMILES string of the molecule is CCOC(=O)C1(OCC)c2ccccc2-c2ccccc21. The molecule has 0 aliphatic heterocycles. The van der Waals surface area contributed by atoms with E-state index in [9.17, 15) is 4.79 Å². The highest BCUT2D eigenvalue weighted by Gasteiger charge is 2.51. The second kappa shape index (κ2) is 5.34. The van der Waals surface area contributed by atoms with Gasteiger partial charge in [0, 0.05) is 17.7 Å². The standard InChI is InChI=1S/C18H18O3/c1-3-20-17(19)18(21-4-2)15-11-7-5-9-13(15)14-10-6-8-12-16(14)18/h5-12H,3-4H2,1-2H3. The Hall–Kier alpha value is -2.13. The molecule has 0 atom stereocenters. The summed E-state index contributed by atoms with van der Waals surface area (Å²) in [6.45, 7) is 4.47. The van der Waals surface area contributed by atoms with Gasteiger partial charge in [-0.25, -0.2) is 4.79 Å². The van der Waals surface area contributed by atoms with Crippen molar-refractivity contribution in [3.05, 3.63) is 59.7 Å². The first kappa shape index (κ1) is 13.8. The fraction of sp³-hybridized carbons (Fsp3) is 0.278. The molecule has 3 nitrogen and oxygen atoms in total. The molecule has 2 aromatic rings. The quantitative estimate of drug-likeness (QED) is 0.805. The predicted molar refractivity (Wildman–Crippen MR) is 80.9 cm³/mol. The highest BCUT2D eigenvalue weighted by atomic mass is 16.6. The summed E-state index contributed by atoms with van der Waals surface area (Å²) in [6, 6.07) is 15.7.